The molecule has 2 atom stereocenters. The van der Waals surface area contributed by atoms with Crippen LogP contribution in [0.5, 0.6) is 11.5 Å². The Kier molecular flexibility index (Phi) is 5.52. The van der Waals surface area contributed by atoms with Crippen molar-refractivity contribution < 1.29 is 14.3 Å². The zero-order valence-electron chi connectivity index (χ0n) is 15.0. The van der Waals surface area contributed by atoms with E-state index < -0.39 is 0 Å². The van der Waals surface area contributed by atoms with E-state index in [9.17, 15) is 4.79 Å². The highest BCUT2D eigenvalue weighted by atomic mass is 32.1. The van der Waals surface area contributed by atoms with Gasteiger partial charge in [-0.25, -0.2) is 4.98 Å². The molecule has 0 saturated carbocycles. The van der Waals surface area contributed by atoms with Crippen LogP contribution in [0, 0.1) is 5.92 Å². The number of nitrogens with zero attached hydrogens (tertiary/aromatic N) is 1. The summed E-state index contributed by atoms with van der Waals surface area (Å²) in [5.74, 6) is 2.19. The number of fused-ring (bicyclic) bond motifs is 1. The summed E-state index contributed by atoms with van der Waals surface area (Å²) in [5, 5.41) is -0.0968. The fourth-order valence-corrected chi connectivity index (χ4v) is 2.82. The lowest BCUT2D eigenvalue weighted by atomic mass is 10.0. The number of H-pyrrole nitrogens is 1. The number of rotatable bonds is 7. The zero-order valence-corrected chi connectivity index (χ0v) is 15.9. The van der Waals surface area contributed by atoms with Crippen LogP contribution in [-0.2, 0) is 11.2 Å². The Hall–Kier alpha value is -2.47. The lowest BCUT2D eigenvalue weighted by Gasteiger charge is -2.13. The average molecular weight is 370 g/mol. The van der Waals surface area contributed by atoms with E-state index in [0.717, 1.165) is 33.9 Å². The second-order valence-electron chi connectivity index (χ2n) is 6.35. The Morgan fingerprint density at radius 3 is 2.50 bits per heavy atom. The van der Waals surface area contributed by atoms with Gasteiger partial charge in [-0.3, -0.25) is 4.79 Å². The van der Waals surface area contributed by atoms with Gasteiger partial charge >= 0.3 is 0 Å². The third kappa shape index (κ3) is 4.19. The lowest BCUT2D eigenvalue weighted by Crippen LogP contribution is -2.08. The number of aromatic amines is 1. The van der Waals surface area contributed by atoms with E-state index in [1.54, 1.807) is 7.11 Å². The predicted octanol–water partition coefficient (Wildman–Crippen LogP) is 4.35. The lowest BCUT2D eigenvalue weighted by molar-refractivity contribution is -0.113. The number of aromatic nitrogens is 2. The molecule has 0 aliphatic heterocycles. The minimum atomic E-state index is -0.225. The fourth-order valence-electron chi connectivity index (χ4n) is 2.73. The molecular formula is C20H22N2O3S. The van der Waals surface area contributed by atoms with Crippen molar-refractivity contribution in [2.24, 2.45) is 5.92 Å². The maximum atomic E-state index is 11.3. The summed E-state index contributed by atoms with van der Waals surface area (Å²) >= 11 is 3.88. The number of carbonyl (C=O) groups is 1. The molecule has 136 valence electrons. The van der Waals surface area contributed by atoms with Gasteiger partial charge in [-0.05, 0) is 43.2 Å². The van der Waals surface area contributed by atoms with Crippen LogP contribution >= 0.6 is 12.6 Å². The molecule has 0 bridgehead atoms. The smallest absolute Gasteiger partial charge is 0.189 e. The molecule has 1 N–H and O–H groups in total. The number of nitrogens with one attached hydrogen (secondary N) is 1. The van der Waals surface area contributed by atoms with Crippen LogP contribution in [0.3, 0.4) is 0 Å². The van der Waals surface area contributed by atoms with E-state index in [2.05, 4.69) is 22.6 Å². The largest absolute Gasteiger partial charge is 0.497 e. The second-order valence-corrected chi connectivity index (χ2v) is 6.79. The summed E-state index contributed by atoms with van der Waals surface area (Å²) in [7, 11) is 1.64. The number of methoxy groups -OCH3 is 1. The molecule has 2 aromatic carbocycles. The van der Waals surface area contributed by atoms with Gasteiger partial charge < -0.3 is 14.5 Å². The molecule has 0 aliphatic carbocycles. The van der Waals surface area contributed by atoms with Gasteiger partial charge in [0.05, 0.1) is 18.1 Å². The van der Waals surface area contributed by atoms with Crippen molar-refractivity contribution in [2.75, 3.05) is 7.11 Å². The molecule has 0 saturated heterocycles. The Morgan fingerprint density at radius 2 is 1.85 bits per heavy atom. The highest BCUT2D eigenvalue weighted by molar-refractivity contribution is 7.96. The molecule has 26 heavy (non-hydrogen) atoms. The summed E-state index contributed by atoms with van der Waals surface area (Å²) in [6.07, 6.45) is 0.445. The van der Waals surface area contributed by atoms with Crippen molar-refractivity contribution >= 4 is 28.8 Å². The summed E-state index contributed by atoms with van der Waals surface area (Å²) in [6, 6.07) is 13.5. The minimum Gasteiger partial charge on any atom is -0.497 e. The van der Waals surface area contributed by atoms with Crippen LogP contribution in [0.15, 0.2) is 42.5 Å². The Bertz CT molecular complexity index is 905. The highest BCUT2D eigenvalue weighted by Gasteiger charge is 2.14. The third-order valence-corrected chi connectivity index (χ3v) is 4.73. The van der Waals surface area contributed by atoms with E-state index in [1.165, 1.54) is 0 Å². The van der Waals surface area contributed by atoms with E-state index in [-0.39, 0.29) is 17.1 Å². The number of hydrogen-bond acceptors (Lipinski definition) is 4. The zero-order chi connectivity index (χ0) is 18.7. The monoisotopic (exact) mass is 370 g/mol. The van der Waals surface area contributed by atoms with Crippen molar-refractivity contribution in [1.82, 2.24) is 9.97 Å². The molecule has 0 aliphatic rings. The van der Waals surface area contributed by atoms with Gasteiger partial charge in [0.25, 0.3) is 0 Å². The van der Waals surface area contributed by atoms with E-state index >= 15 is 0 Å². The van der Waals surface area contributed by atoms with E-state index in [4.69, 9.17) is 9.47 Å². The molecule has 0 amide bonds. The highest BCUT2D eigenvalue weighted by Crippen LogP contribution is 2.25. The molecule has 6 heteroatoms. The van der Waals surface area contributed by atoms with Crippen molar-refractivity contribution in [3.63, 3.8) is 0 Å². The fraction of sp³-hybridized carbons (Fsp3) is 0.300. The van der Waals surface area contributed by atoms with Gasteiger partial charge in [0.1, 0.15) is 17.3 Å². The molecule has 1 aromatic heterocycles. The summed E-state index contributed by atoms with van der Waals surface area (Å²) in [4.78, 5) is 19.1. The molecule has 5 nitrogen and oxygen atoms in total. The van der Waals surface area contributed by atoms with Crippen molar-refractivity contribution in [3.8, 4) is 11.5 Å². The number of thiol groups is 1. The topological polar surface area (TPSA) is 64.2 Å². The van der Waals surface area contributed by atoms with E-state index in [1.807, 2.05) is 56.3 Å². The Morgan fingerprint density at radius 1 is 1.15 bits per heavy atom. The van der Waals surface area contributed by atoms with Crippen molar-refractivity contribution in [2.45, 2.75) is 26.4 Å². The molecular weight excluding hydrogens is 348 g/mol. The number of imidazole rings is 1. The summed E-state index contributed by atoms with van der Waals surface area (Å²) < 4.78 is 11.2. The van der Waals surface area contributed by atoms with Crippen LogP contribution in [-0.4, -0.2) is 22.2 Å². The first-order valence-electron chi connectivity index (χ1n) is 8.48. The molecule has 1 heterocycles. The molecule has 0 spiro atoms. The first kappa shape index (κ1) is 18.3. The maximum absolute atomic E-state index is 11.3. The second kappa shape index (κ2) is 7.83. The van der Waals surface area contributed by atoms with Crippen LogP contribution in [0.1, 0.15) is 31.3 Å². The number of benzene rings is 2. The summed E-state index contributed by atoms with van der Waals surface area (Å²) in [5.41, 5.74) is 2.86. The Balaban J connectivity index is 1.69. The van der Waals surface area contributed by atoms with E-state index in [0.29, 0.717) is 6.42 Å². The molecule has 2 unspecified atom stereocenters. The quantitative estimate of drug-likeness (QED) is 0.607. The van der Waals surface area contributed by atoms with Crippen LogP contribution in [0.4, 0.5) is 0 Å². The minimum absolute atomic E-state index is 0.0968. The average Bonchev–Trinajstić information content (AvgIpc) is 3.06. The number of carbonyl (C=O) groups excluding carboxylic acids is 1. The van der Waals surface area contributed by atoms with Gasteiger partial charge in [0.15, 0.2) is 11.2 Å². The van der Waals surface area contributed by atoms with Crippen LogP contribution in [0.2, 0.25) is 0 Å². The maximum Gasteiger partial charge on any atom is 0.189 e. The first-order chi connectivity index (χ1) is 12.5. The van der Waals surface area contributed by atoms with Gasteiger partial charge in [0, 0.05) is 12.0 Å². The summed E-state index contributed by atoms with van der Waals surface area (Å²) in [6.45, 7) is 3.82. The van der Waals surface area contributed by atoms with Gasteiger partial charge in [-0.1, -0.05) is 19.1 Å². The van der Waals surface area contributed by atoms with Gasteiger partial charge in [-0.15, -0.1) is 12.6 Å². The Labute approximate surface area is 158 Å². The van der Waals surface area contributed by atoms with Gasteiger partial charge in [0.2, 0.25) is 0 Å². The van der Waals surface area contributed by atoms with Crippen LogP contribution in [0.25, 0.3) is 11.0 Å². The van der Waals surface area contributed by atoms with Crippen molar-refractivity contribution in [1.29, 1.82) is 0 Å². The SMILES string of the molecule is COc1ccc2nc(C(C)Oc3ccc(CC(C)C(=O)S)cc3)[nH]c2c1. The van der Waals surface area contributed by atoms with Gasteiger partial charge in [-0.2, -0.15) is 0 Å². The predicted molar refractivity (Wildman–Crippen MR) is 105 cm³/mol. The third-order valence-electron chi connectivity index (χ3n) is 4.29. The normalized spacial score (nSPS) is 13.4. The molecule has 3 rings (SSSR count). The standard InChI is InChI=1S/C20H22N2O3S/c1-12(20(23)26)10-14-4-6-15(7-5-14)25-13(2)19-21-17-9-8-16(24-3)11-18(17)22-19/h4-9,11-13H,10H2,1-3H3,(H,21,22)(H,23,26). The molecule has 0 fully saturated rings. The molecule has 3 aromatic rings. The number of ether oxygens (including phenoxy) is 2. The first-order valence-corrected chi connectivity index (χ1v) is 8.93. The molecule has 0 radical (unpaired) electrons. The number of hydrogen-bond donors (Lipinski definition) is 2. The van der Waals surface area contributed by atoms with Crippen molar-refractivity contribution in [3.05, 3.63) is 53.9 Å². The van der Waals surface area contributed by atoms with Crippen LogP contribution < -0.4 is 9.47 Å².